The highest BCUT2D eigenvalue weighted by molar-refractivity contribution is 6.35. The Kier molecular flexibility index (Phi) is 6.90. The molecule has 0 heterocycles. The molecule has 5 heteroatoms. The number of amides is 1. The SMILES string of the molecule is CN(Cc1ccccc1)C(=O)CNCCc1ccc(Cl)cc1Cl. The van der Waals surface area contributed by atoms with E-state index in [0.29, 0.717) is 29.7 Å². The third-order valence-electron chi connectivity index (χ3n) is 3.55. The summed E-state index contributed by atoms with van der Waals surface area (Å²) in [5, 5.41) is 4.45. The highest BCUT2D eigenvalue weighted by atomic mass is 35.5. The van der Waals surface area contributed by atoms with Crippen molar-refractivity contribution in [2.45, 2.75) is 13.0 Å². The molecule has 0 atom stereocenters. The quantitative estimate of drug-likeness (QED) is 0.770. The second-order valence-electron chi connectivity index (χ2n) is 5.40. The van der Waals surface area contributed by atoms with Crippen LogP contribution in [0.5, 0.6) is 0 Å². The number of nitrogens with zero attached hydrogens (tertiary/aromatic N) is 1. The Hall–Kier alpha value is -1.55. The number of halogens is 2. The van der Waals surface area contributed by atoms with Gasteiger partial charge in [0, 0.05) is 23.6 Å². The molecule has 3 nitrogen and oxygen atoms in total. The summed E-state index contributed by atoms with van der Waals surface area (Å²) in [7, 11) is 1.81. The van der Waals surface area contributed by atoms with E-state index in [-0.39, 0.29) is 5.91 Å². The molecule has 0 aliphatic rings. The monoisotopic (exact) mass is 350 g/mol. The Balaban J connectivity index is 1.72. The molecule has 1 amide bonds. The van der Waals surface area contributed by atoms with Crippen molar-refractivity contribution < 1.29 is 4.79 Å². The summed E-state index contributed by atoms with van der Waals surface area (Å²) in [6.45, 7) is 1.62. The van der Waals surface area contributed by atoms with Gasteiger partial charge in [-0.3, -0.25) is 4.79 Å². The van der Waals surface area contributed by atoms with Crippen LogP contribution < -0.4 is 5.32 Å². The van der Waals surface area contributed by atoms with E-state index in [1.54, 1.807) is 11.0 Å². The van der Waals surface area contributed by atoms with E-state index in [4.69, 9.17) is 23.2 Å². The van der Waals surface area contributed by atoms with Gasteiger partial charge in [-0.25, -0.2) is 0 Å². The summed E-state index contributed by atoms with van der Waals surface area (Å²) in [6.07, 6.45) is 0.756. The molecule has 0 aliphatic carbocycles. The molecule has 0 unspecified atom stereocenters. The first kappa shape index (κ1) is 17.8. The Morgan fingerprint density at radius 1 is 1.13 bits per heavy atom. The lowest BCUT2D eigenvalue weighted by Crippen LogP contribution is -2.35. The molecule has 0 bridgehead atoms. The predicted molar refractivity (Wildman–Crippen MR) is 96.0 cm³/mol. The molecule has 0 saturated heterocycles. The van der Waals surface area contributed by atoms with Crippen molar-refractivity contribution in [2.75, 3.05) is 20.1 Å². The number of hydrogen-bond acceptors (Lipinski definition) is 2. The van der Waals surface area contributed by atoms with E-state index in [2.05, 4.69) is 5.32 Å². The number of carbonyl (C=O) groups excluding carboxylic acids is 1. The first-order valence-electron chi connectivity index (χ1n) is 7.49. The van der Waals surface area contributed by atoms with E-state index in [1.807, 2.05) is 49.5 Å². The summed E-state index contributed by atoms with van der Waals surface area (Å²) in [4.78, 5) is 13.8. The molecule has 2 aromatic carbocycles. The maximum absolute atomic E-state index is 12.1. The fourth-order valence-electron chi connectivity index (χ4n) is 2.22. The van der Waals surface area contributed by atoms with Gasteiger partial charge >= 0.3 is 0 Å². The number of carbonyl (C=O) groups is 1. The Labute approximate surface area is 147 Å². The van der Waals surface area contributed by atoms with Crippen molar-refractivity contribution in [1.82, 2.24) is 10.2 Å². The standard InChI is InChI=1S/C18H20Cl2N2O/c1-22(13-14-5-3-2-4-6-14)18(23)12-21-10-9-15-7-8-16(19)11-17(15)20/h2-8,11,21H,9-10,12-13H2,1H3. The smallest absolute Gasteiger partial charge is 0.236 e. The van der Waals surface area contributed by atoms with E-state index in [1.165, 1.54) is 0 Å². The minimum Gasteiger partial charge on any atom is -0.340 e. The second-order valence-corrected chi connectivity index (χ2v) is 6.24. The molecule has 0 saturated carbocycles. The first-order chi connectivity index (χ1) is 11.1. The number of rotatable bonds is 7. The lowest BCUT2D eigenvalue weighted by Gasteiger charge is -2.17. The molecule has 122 valence electrons. The topological polar surface area (TPSA) is 32.3 Å². The van der Waals surface area contributed by atoms with Gasteiger partial charge in [0.05, 0.1) is 6.54 Å². The van der Waals surface area contributed by atoms with Crippen molar-refractivity contribution in [1.29, 1.82) is 0 Å². The number of likely N-dealkylation sites (N-methyl/N-ethyl adjacent to an activating group) is 1. The summed E-state index contributed by atoms with van der Waals surface area (Å²) in [5.74, 6) is 0.0658. The van der Waals surface area contributed by atoms with Crippen molar-refractivity contribution in [3.05, 3.63) is 69.7 Å². The van der Waals surface area contributed by atoms with Crippen LogP contribution in [0.4, 0.5) is 0 Å². The Morgan fingerprint density at radius 2 is 1.87 bits per heavy atom. The lowest BCUT2D eigenvalue weighted by molar-refractivity contribution is -0.129. The van der Waals surface area contributed by atoms with Crippen molar-refractivity contribution in [2.24, 2.45) is 0 Å². The van der Waals surface area contributed by atoms with Crippen LogP contribution in [0.3, 0.4) is 0 Å². The van der Waals surface area contributed by atoms with Gasteiger partial charge in [0.15, 0.2) is 0 Å². The minimum absolute atomic E-state index is 0.0658. The zero-order valence-electron chi connectivity index (χ0n) is 13.1. The summed E-state index contributed by atoms with van der Waals surface area (Å²) in [5.41, 5.74) is 2.14. The van der Waals surface area contributed by atoms with Crippen molar-refractivity contribution in [3.8, 4) is 0 Å². The highest BCUT2D eigenvalue weighted by Crippen LogP contribution is 2.20. The summed E-state index contributed by atoms with van der Waals surface area (Å²) >= 11 is 12.0. The average Bonchev–Trinajstić information content (AvgIpc) is 2.54. The van der Waals surface area contributed by atoms with Gasteiger partial charge < -0.3 is 10.2 Å². The van der Waals surface area contributed by atoms with Crippen LogP contribution in [0.1, 0.15) is 11.1 Å². The van der Waals surface area contributed by atoms with Gasteiger partial charge in [0.25, 0.3) is 0 Å². The van der Waals surface area contributed by atoms with Crippen LogP contribution in [0.2, 0.25) is 10.0 Å². The van der Waals surface area contributed by atoms with Gasteiger partial charge in [-0.2, -0.15) is 0 Å². The van der Waals surface area contributed by atoms with Crippen molar-refractivity contribution >= 4 is 29.1 Å². The molecule has 0 radical (unpaired) electrons. The molecule has 23 heavy (non-hydrogen) atoms. The first-order valence-corrected chi connectivity index (χ1v) is 8.24. The lowest BCUT2D eigenvalue weighted by atomic mass is 10.1. The fraction of sp³-hybridized carbons (Fsp3) is 0.278. The van der Waals surface area contributed by atoms with Gasteiger partial charge in [-0.05, 0) is 36.2 Å². The van der Waals surface area contributed by atoms with Crippen LogP contribution in [-0.4, -0.2) is 30.9 Å². The van der Waals surface area contributed by atoms with Crippen LogP contribution in [0.25, 0.3) is 0 Å². The molecule has 1 N–H and O–H groups in total. The number of hydrogen-bond donors (Lipinski definition) is 1. The third-order valence-corrected chi connectivity index (χ3v) is 4.14. The molecule has 0 spiro atoms. The van der Waals surface area contributed by atoms with E-state index in [9.17, 15) is 4.79 Å². The maximum atomic E-state index is 12.1. The van der Waals surface area contributed by atoms with Crippen LogP contribution in [0.15, 0.2) is 48.5 Å². The number of benzene rings is 2. The van der Waals surface area contributed by atoms with Gasteiger partial charge in [0.1, 0.15) is 0 Å². The third kappa shape index (κ3) is 5.87. The molecule has 2 rings (SSSR count). The van der Waals surface area contributed by atoms with Gasteiger partial charge in [-0.15, -0.1) is 0 Å². The van der Waals surface area contributed by atoms with Crippen LogP contribution in [-0.2, 0) is 17.8 Å². The predicted octanol–water partition coefficient (Wildman–Crippen LogP) is 3.78. The zero-order chi connectivity index (χ0) is 16.7. The maximum Gasteiger partial charge on any atom is 0.236 e. The Morgan fingerprint density at radius 3 is 2.57 bits per heavy atom. The van der Waals surface area contributed by atoms with Crippen LogP contribution in [0, 0.1) is 0 Å². The molecular weight excluding hydrogens is 331 g/mol. The molecular formula is C18H20Cl2N2O. The molecule has 0 fully saturated rings. The average molecular weight is 351 g/mol. The highest BCUT2D eigenvalue weighted by Gasteiger charge is 2.08. The van der Waals surface area contributed by atoms with E-state index < -0.39 is 0 Å². The normalized spacial score (nSPS) is 10.6. The number of nitrogens with one attached hydrogen (secondary N) is 1. The fourth-order valence-corrected chi connectivity index (χ4v) is 2.73. The second kappa shape index (κ2) is 8.92. The zero-order valence-corrected chi connectivity index (χ0v) is 14.6. The Bertz CT molecular complexity index is 647. The summed E-state index contributed by atoms with van der Waals surface area (Å²) < 4.78 is 0. The van der Waals surface area contributed by atoms with E-state index in [0.717, 1.165) is 17.5 Å². The molecule has 2 aromatic rings. The van der Waals surface area contributed by atoms with E-state index >= 15 is 0 Å². The molecule has 0 aliphatic heterocycles. The van der Waals surface area contributed by atoms with Crippen LogP contribution >= 0.6 is 23.2 Å². The summed E-state index contributed by atoms with van der Waals surface area (Å²) in [6, 6.07) is 15.4. The van der Waals surface area contributed by atoms with Crippen molar-refractivity contribution in [3.63, 3.8) is 0 Å². The van der Waals surface area contributed by atoms with Gasteiger partial charge in [-0.1, -0.05) is 59.6 Å². The minimum atomic E-state index is 0.0658. The molecule has 0 aromatic heterocycles. The largest absolute Gasteiger partial charge is 0.340 e. The van der Waals surface area contributed by atoms with Gasteiger partial charge in [0.2, 0.25) is 5.91 Å².